The van der Waals surface area contributed by atoms with Crippen LogP contribution in [0, 0.1) is 13.8 Å². The van der Waals surface area contributed by atoms with Crippen LogP contribution in [0.15, 0.2) is 24.3 Å². The van der Waals surface area contributed by atoms with Crippen LogP contribution in [0.1, 0.15) is 34.2 Å². The molecule has 0 spiro atoms. The molecule has 1 amide bonds. The molecule has 0 radical (unpaired) electrons. The van der Waals surface area contributed by atoms with E-state index in [1.165, 1.54) is 5.56 Å². The molecule has 1 aromatic heterocycles. The lowest BCUT2D eigenvalue weighted by Crippen LogP contribution is -2.41. The molecule has 150 valence electrons. The van der Waals surface area contributed by atoms with E-state index in [0.717, 1.165) is 56.2 Å². The van der Waals surface area contributed by atoms with Crippen LogP contribution in [-0.2, 0) is 11.2 Å². The van der Waals surface area contributed by atoms with E-state index in [-0.39, 0.29) is 5.91 Å². The molecule has 7 nitrogen and oxygen atoms in total. The fourth-order valence-electron chi connectivity index (χ4n) is 3.30. The summed E-state index contributed by atoms with van der Waals surface area (Å²) in [5.74, 6) is 0.268. The Balaban J connectivity index is 1.66. The molecule has 3 rings (SSSR count). The molecule has 0 aliphatic carbocycles. The maximum Gasteiger partial charge on any atom is 0.270 e. The quantitative estimate of drug-likeness (QED) is 0.765. The summed E-state index contributed by atoms with van der Waals surface area (Å²) in [4.78, 5) is 23.7. The number of ether oxygens (including phenoxy) is 1. The lowest BCUT2D eigenvalue weighted by molar-refractivity contribution is 0.0383. The number of morpholine rings is 1. The van der Waals surface area contributed by atoms with E-state index >= 15 is 0 Å². The van der Waals surface area contributed by atoms with E-state index in [1.54, 1.807) is 6.07 Å². The number of para-hydroxylation sites is 1. The molecule has 0 unspecified atom stereocenters. The Morgan fingerprint density at radius 3 is 2.75 bits per heavy atom. The van der Waals surface area contributed by atoms with E-state index in [4.69, 9.17) is 4.74 Å². The molecule has 0 bridgehead atoms. The SMILES string of the molecule is CCc1cccc(C)c1Nc1nc(C)cc(C(=O)NCCN2CCOCC2)n1. The fraction of sp³-hybridized carbons (Fsp3) is 0.476. The van der Waals surface area contributed by atoms with Gasteiger partial charge in [0.15, 0.2) is 0 Å². The number of carbonyl (C=O) groups is 1. The van der Waals surface area contributed by atoms with Crippen LogP contribution < -0.4 is 10.6 Å². The Labute approximate surface area is 166 Å². The standard InChI is InChI=1S/C21H29N5O2/c1-4-17-7-5-6-15(2)19(17)25-21-23-16(3)14-18(24-21)20(27)22-8-9-26-10-12-28-13-11-26/h5-7,14H,4,8-13H2,1-3H3,(H,22,27)(H,23,24,25). The van der Waals surface area contributed by atoms with E-state index < -0.39 is 0 Å². The van der Waals surface area contributed by atoms with Gasteiger partial charge in [0.2, 0.25) is 5.95 Å². The number of hydrogen-bond donors (Lipinski definition) is 2. The summed E-state index contributed by atoms with van der Waals surface area (Å²) < 4.78 is 5.34. The predicted octanol–water partition coefficient (Wildman–Crippen LogP) is 2.46. The lowest BCUT2D eigenvalue weighted by Gasteiger charge is -2.26. The summed E-state index contributed by atoms with van der Waals surface area (Å²) in [6, 6.07) is 7.90. The number of aromatic nitrogens is 2. The zero-order valence-corrected chi connectivity index (χ0v) is 16.9. The van der Waals surface area contributed by atoms with Crippen LogP contribution in [0.3, 0.4) is 0 Å². The number of amides is 1. The average molecular weight is 383 g/mol. The van der Waals surface area contributed by atoms with E-state index in [0.29, 0.717) is 18.2 Å². The van der Waals surface area contributed by atoms with Gasteiger partial charge < -0.3 is 15.4 Å². The van der Waals surface area contributed by atoms with Crippen molar-refractivity contribution in [3.63, 3.8) is 0 Å². The lowest BCUT2D eigenvalue weighted by atomic mass is 10.1. The number of carbonyl (C=O) groups excluding carboxylic acids is 1. The molecule has 2 N–H and O–H groups in total. The Morgan fingerprint density at radius 1 is 1.21 bits per heavy atom. The Kier molecular flexibility index (Phi) is 6.95. The van der Waals surface area contributed by atoms with Crippen molar-refractivity contribution in [2.24, 2.45) is 0 Å². The normalized spacial score (nSPS) is 14.7. The van der Waals surface area contributed by atoms with Gasteiger partial charge in [-0.25, -0.2) is 9.97 Å². The molecule has 0 saturated carbocycles. The van der Waals surface area contributed by atoms with Crippen LogP contribution in [0.5, 0.6) is 0 Å². The topological polar surface area (TPSA) is 79.4 Å². The highest BCUT2D eigenvalue weighted by Crippen LogP contribution is 2.24. The first-order valence-corrected chi connectivity index (χ1v) is 9.86. The maximum absolute atomic E-state index is 12.6. The summed E-state index contributed by atoms with van der Waals surface area (Å²) in [5, 5.41) is 6.27. The van der Waals surface area contributed by atoms with Gasteiger partial charge in [0.1, 0.15) is 5.69 Å². The zero-order valence-electron chi connectivity index (χ0n) is 16.9. The van der Waals surface area contributed by atoms with Crippen molar-refractivity contribution in [2.45, 2.75) is 27.2 Å². The second-order valence-electron chi connectivity index (χ2n) is 7.02. The van der Waals surface area contributed by atoms with Crippen molar-refractivity contribution < 1.29 is 9.53 Å². The maximum atomic E-state index is 12.6. The summed E-state index contributed by atoms with van der Waals surface area (Å²) in [5.41, 5.74) is 4.46. The molecule has 0 atom stereocenters. The Morgan fingerprint density at radius 2 is 2.00 bits per heavy atom. The number of nitrogens with zero attached hydrogens (tertiary/aromatic N) is 3. The van der Waals surface area contributed by atoms with Crippen molar-refractivity contribution in [3.8, 4) is 0 Å². The largest absolute Gasteiger partial charge is 0.379 e. The first-order valence-electron chi connectivity index (χ1n) is 9.86. The third-order valence-electron chi connectivity index (χ3n) is 4.88. The number of benzene rings is 1. The third-order valence-corrected chi connectivity index (χ3v) is 4.88. The van der Waals surface area contributed by atoms with Gasteiger partial charge in [0.25, 0.3) is 5.91 Å². The minimum Gasteiger partial charge on any atom is -0.379 e. The third kappa shape index (κ3) is 5.27. The van der Waals surface area contributed by atoms with Crippen LogP contribution in [0.2, 0.25) is 0 Å². The second kappa shape index (κ2) is 9.61. The van der Waals surface area contributed by atoms with Gasteiger partial charge in [-0.15, -0.1) is 0 Å². The molecular formula is C21H29N5O2. The van der Waals surface area contributed by atoms with Crippen LogP contribution >= 0.6 is 0 Å². The predicted molar refractivity (Wildman–Crippen MR) is 110 cm³/mol. The van der Waals surface area contributed by atoms with Gasteiger partial charge in [-0.1, -0.05) is 25.1 Å². The first kappa shape index (κ1) is 20.2. The van der Waals surface area contributed by atoms with Gasteiger partial charge in [0.05, 0.1) is 13.2 Å². The smallest absolute Gasteiger partial charge is 0.270 e. The molecular weight excluding hydrogens is 354 g/mol. The number of rotatable bonds is 7. The molecule has 2 aromatic rings. The molecule has 1 fully saturated rings. The van der Waals surface area contributed by atoms with Gasteiger partial charge in [-0.05, 0) is 37.5 Å². The van der Waals surface area contributed by atoms with Crippen molar-refractivity contribution in [1.82, 2.24) is 20.2 Å². The number of aryl methyl sites for hydroxylation is 3. The highest BCUT2D eigenvalue weighted by Gasteiger charge is 2.14. The monoisotopic (exact) mass is 383 g/mol. The van der Waals surface area contributed by atoms with Crippen LogP contribution in [0.4, 0.5) is 11.6 Å². The summed E-state index contributed by atoms with van der Waals surface area (Å²) in [6.45, 7) is 10.8. The summed E-state index contributed by atoms with van der Waals surface area (Å²) >= 11 is 0. The van der Waals surface area contributed by atoms with Crippen molar-refractivity contribution in [1.29, 1.82) is 0 Å². The first-order chi connectivity index (χ1) is 13.6. The molecule has 1 aliphatic rings. The number of nitrogens with one attached hydrogen (secondary N) is 2. The van der Waals surface area contributed by atoms with Gasteiger partial charge >= 0.3 is 0 Å². The average Bonchev–Trinajstić information content (AvgIpc) is 2.70. The minimum atomic E-state index is -0.178. The zero-order chi connectivity index (χ0) is 19.9. The molecule has 7 heteroatoms. The van der Waals surface area contributed by atoms with E-state index in [9.17, 15) is 4.79 Å². The molecule has 2 heterocycles. The van der Waals surface area contributed by atoms with Crippen molar-refractivity contribution in [2.75, 3.05) is 44.7 Å². The highest BCUT2D eigenvalue weighted by atomic mass is 16.5. The van der Waals surface area contributed by atoms with E-state index in [1.807, 2.05) is 13.0 Å². The van der Waals surface area contributed by atoms with Gasteiger partial charge in [0, 0.05) is 37.6 Å². The van der Waals surface area contributed by atoms with Gasteiger partial charge in [-0.3, -0.25) is 9.69 Å². The van der Waals surface area contributed by atoms with Crippen LogP contribution in [-0.4, -0.2) is 60.2 Å². The molecule has 1 aromatic carbocycles. The second-order valence-corrected chi connectivity index (χ2v) is 7.02. The highest BCUT2D eigenvalue weighted by molar-refractivity contribution is 5.92. The number of hydrogen-bond acceptors (Lipinski definition) is 6. The minimum absolute atomic E-state index is 0.178. The summed E-state index contributed by atoms with van der Waals surface area (Å²) in [7, 11) is 0. The van der Waals surface area contributed by atoms with Crippen molar-refractivity contribution in [3.05, 3.63) is 46.8 Å². The Hall–Kier alpha value is -2.51. The van der Waals surface area contributed by atoms with Gasteiger partial charge in [-0.2, -0.15) is 0 Å². The molecule has 28 heavy (non-hydrogen) atoms. The van der Waals surface area contributed by atoms with Crippen LogP contribution in [0.25, 0.3) is 0 Å². The van der Waals surface area contributed by atoms with E-state index in [2.05, 4.69) is 51.5 Å². The molecule has 1 saturated heterocycles. The number of anilines is 2. The Bertz CT molecular complexity index is 818. The fourth-order valence-corrected chi connectivity index (χ4v) is 3.30. The molecule has 1 aliphatic heterocycles. The van der Waals surface area contributed by atoms with Crippen molar-refractivity contribution >= 4 is 17.5 Å². The summed E-state index contributed by atoms with van der Waals surface area (Å²) in [6.07, 6.45) is 0.907.